The van der Waals surface area contributed by atoms with Crippen molar-refractivity contribution in [3.05, 3.63) is 24.3 Å². The highest BCUT2D eigenvalue weighted by molar-refractivity contribution is 7.99. The van der Waals surface area contributed by atoms with E-state index in [1.165, 1.54) is 25.0 Å². The molecule has 2 unspecified atom stereocenters. The Labute approximate surface area is 143 Å². The summed E-state index contributed by atoms with van der Waals surface area (Å²) in [6, 6.07) is 0.497. The lowest BCUT2D eigenvalue weighted by Crippen LogP contribution is -2.42. The van der Waals surface area contributed by atoms with Gasteiger partial charge in [-0.15, -0.1) is 16.8 Å². The lowest BCUT2D eigenvalue weighted by molar-refractivity contribution is 0.615. The van der Waals surface area contributed by atoms with Crippen LogP contribution in [0.1, 0.15) is 37.8 Å². The van der Waals surface area contributed by atoms with Gasteiger partial charge in [0.1, 0.15) is 12.4 Å². The smallest absolute Gasteiger partial charge is 0.192 e. The number of aryl methyl sites for hydroxylation is 1. The van der Waals surface area contributed by atoms with E-state index in [0.29, 0.717) is 19.1 Å². The summed E-state index contributed by atoms with van der Waals surface area (Å²) in [5, 5.41) is 15.9. The first kappa shape index (κ1) is 17.8. The molecule has 23 heavy (non-hydrogen) atoms. The van der Waals surface area contributed by atoms with Crippen LogP contribution in [-0.2, 0) is 13.6 Å². The summed E-state index contributed by atoms with van der Waals surface area (Å²) in [7, 11) is 1.97. The molecule has 0 saturated heterocycles. The van der Waals surface area contributed by atoms with Crippen LogP contribution in [0.15, 0.2) is 17.6 Å². The molecule has 0 aliphatic heterocycles. The van der Waals surface area contributed by atoms with E-state index < -0.39 is 0 Å². The normalized spacial score (nSPS) is 21.4. The number of thioether (sulfide) groups is 1. The van der Waals surface area contributed by atoms with Crippen LogP contribution in [0.2, 0.25) is 0 Å². The van der Waals surface area contributed by atoms with E-state index >= 15 is 0 Å². The molecule has 1 fully saturated rings. The third-order valence-corrected chi connectivity index (χ3v) is 5.34. The lowest BCUT2D eigenvalue weighted by atomic mass is 10.2. The summed E-state index contributed by atoms with van der Waals surface area (Å²) in [6.07, 6.45) is 5.54. The number of aliphatic imine (C=N–C) groups is 1. The second kappa shape index (κ2) is 8.96. The Bertz CT molecular complexity index is 539. The van der Waals surface area contributed by atoms with Gasteiger partial charge in [-0.05, 0) is 31.9 Å². The zero-order valence-electron chi connectivity index (χ0n) is 14.4. The highest BCUT2D eigenvalue weighted by Gasteiger charge is 2.25. The first-order valence-electron chi connectivity index (χ1n) is 8.26. The van der Waals surface area contributed by atoms with Crippen molar-refractivity contribution in [3.8, 4) is 0 Å². The van der Waals surface area contributed by atoms with Gasteiger partial charge in [0.05, 0.1) is 0 Å². The molecule has 0 amide bonds. The molecule has 7 heteroatoms. The average molecular weight is 337 g/mol. The Morgan fingerprint density at radius 2 is 2.30 bits per heavy atom. The van der Waals surface area contributed by atoms with E-state index in [1.807, 2.05) is 24.6 Å². The van der Waals surface area contributed by atoms with Crippen molar-refractivity contribution in [2.24, 2.45) is 12.0 Å². The molecule has 1 aromatic heterocycles. The van der Waals surface area contributed by atoms with Gasteiger partial charge >= 0.3 is 0 Å². The number of aromatic nitrogens is 3. The van der Waals surface area contributed by atoms with Crippen molar-refractivity contribution < 1.29 is 0 Å². The molecule has 128 valence electrons. The molecule has 0 radical (unpaired) electrons. The predicted molar refractivity (Wildman–Crippen MR) is 97.8 cm³/mol. The third kappa shape index (κ3) is 5.27. The van der Waals surface area contributed by atoms with Gasteiger partial charge in [0, 0.05) is 24.9 Å². The molecule has 1 aliphatic carbocycles. The molecule has 2 atom stereocenters. The summed E-state index contributed by atoms with van der Waals surface area (Å²) in [5.41, 5.74) is 0. The minimum atomic E-state index is 0.497. The second-order valence-electron chi connectivity index (χ2n) is 5.79. The first-order chi connectivity index (χ1) is 11.1. The first-order valence-corrected chi connectivity index (χ1v) is 9.31. The minimum absolute atomic E-state index is 0.497. The lowest BCUT2D eigenvalue weighted by Gasteiger charge is -2.17. The number of hydrogen-bond acceptors (Lipinski definition) is 4. The van der Waals surface area contributed by atoms with Crippen LogP contribution < -0.4 is 10.6 Å². The molecular formula is C16H28N6S. The molecule has 0 spiro atoms. The van der Waals surface area contributed by atoms with Crippen LogP contribution in [-0.4, -0.2) is 44.3 Å². The molecule has 0 aromatic carbocycles. The maximum atomic E-state index is 4.66. The molecule has 6 nitrogen and oxygen atoms in total. The monoisotopic (exact) mass is 336 g/mol. The van der Waals surface area contributed by atoms with E-state index in [2.05, 4.69) is 51.1 Å². The second-order valence-corrected chi connectivity index (χ2v) is 7.37. The Morgan fingerprint density at radius 1 is 1.48 bits per heavy atom. The zero-order valence-corrected chi connectivity index (χ0v) is 15.2. The van der Waals surface area contributed by atoms with Crippen molar-refractivity contribution in [1.82, 2.24) is 25.4 Å². The highest BCUT2D eigenvalue weighted by Crippen LogP contribution is 2.29. The number of hydrogen-bond donors (Lipinski definition) is 2. The van der Waals surface area contributed by atoms with E-state index in [-0.39, 0.29) is 0 Å². The number of nitrogens with one attached hydrogen (secondary N) is 2. The molecule has 1 heterocycles. The third-order valence-electron chi connectivity index (χ3n) is 4.10. The summed E-state index contributed by atoms with van der Waals surface area (Å²) in [5.74, 6) is 3.79. The maximum absolute atomic E-state index is 4.66. The van der Waals surface area contributed by atoms with Gasteiger partial charge in [0.25, 0.3) is 0 Å². The molecule has 1 saturated carbocycles. The summed E-state index contributed by atoms with van der Waals surface area (Å²) in [6.45, 7) is 9.15. The van der Waals surface area contributed by atoms with Gasteiger partial charge in [-0.25, -0.2) is 4.99 Å². The van der Waals surface area contributed by atoms with E-state index in [9.17, 15) is 0 Å². The number of rotatable bonds is 7. The highest BCUT2D eigenvalue weighted by atomic mass is 32.2. The van der Waals surface area contributed by atoms with E-state index in [0.717, 1.165) is 22.9 Å². The summed E-state index contributed by atoms with van der Waals surface area (Å²) < 4.78 is 1.97. The molecule has 2 N–H and O–H groups in total. The SMILES string of the molecule is C=CCNC(=NCc1nnc(C)n1C)NC1CCC(SCC)C1. The van der Waals surface area contributed by atoms with Crippen LogP contribution in [0.5, 0.6) is 0 Å². The fraction of sp³-hybridized carbons (Fsp3) is 0.688. The Kier molecular flexibility index (Phi) is 6.95. The van der Waals surface area contributed by atoms with Gasteiger partial charge in [-0.3, -0.25) is 0 Å². The van der Waals surface area contributed by atoms with Gasteiger partial charge in [0.15, 0.2) is 11.8 Å². The van der Waals surface area contributed by atoms with Crippen molar-refractivity contribution in [1.29, 1.82) is 0 Å². The Hall–Kier alpha value is -1.50. The number of nitrogens with zero attached hydrogens (tertiary/aromatic N) is 4. The predicted octanol–water partition coefficient (Wildman–Crippen LogP) is 2.02. The molecule has 1 aliphatic rings. The van der Waals surface area contributed by atoms with Crippen molar-refractivity contribution in [2.45, 2.75) is 50.9 Å². The van der Waals surface area contributed by atoms with Crippen LogP contribution in [0.4, 0.5) is 0 Å². The Morgan fingerprint density at radius 3 is 2.96 bits per heavy atom. The van der Waals surface area contributed by atoms with Gasteiger partial charge < -0.3 is 15.2 Å². The van der Waals surface area contributed by atoms with Crippen molar-refractivity contribution >= 4 is 17.7 Å². The van der Waals surface area contributed by atoms with Crippen molar-refractivity contribution in [3.63, 3.8) is 0 Å². The van der Waals surface area contributed by atoms with E-state index in [1.54, 1.807) is 0 Å². The largest absolute Gasteiger partial charge is 0.354 e. The minimum Gasteiger partial charge on any atom is -0.354 e. The topological polar surface area (TPSA) is 67.1 Å². The van der Waals surface area contributed by atoms with Crippen molar-refractivity contribution in [2.75, 3.05) is 12.3 Å². The fourth-order valence-corrected chi connectivity index (χ4v) is 3.85. The molecule has 1 aromatic rings. The summed E-state index contributed by atoms with van der Waals surface area (Å²) in [4.78, 5) is 4.66. The van der Waals surface area contributed by atoms with Crippen LogP contribution in [0.25, 0.3) is 0 Å². The van der Waals surface area contributed by atoms with Gasteiger partial charge in [0.2, 0.25) is 0 Å². The van der Waals surface area contributed by atoms with Crippen LogP contribution in [0, 0.1) is 6.92 Å². The number of guanidine groups is 1. The summed E-state index contributed by atoms with van der Waals surface area (Å²) >= 11 is 2.06. The standard InChI is InChI=1S/C16H28N6S/c1-5-9-17-16(18-11-15-21-20-12(3)22(15)4)19-13-7-8-14(10-13)23-6-2/h5,13-14H,1,6-11H2,2-4H3,(H2,17,18,19). The zero-order chi connectivity index (χ0) is 16.7. The average Bonchev–Trinajstić information content (AvgIpc) is 3.11. The molecule has 0 bridgehead atoms. The van der Waals surface area contributed by atoms with Crippen LogP contribution >= 0.6 is 11.8 Å². The Balaban J connectivity index is 1.95. The van der Waals surface area contributed by atoms with Crippen LogP contribution in [0.3, 0.4) is 0 Å². The molecule has 2 rings (SSSR count). The molecular weight excluding hydrogens is 308 g/mol. The van der Waals surface area contributed by atoms with Gasteiger partial charge in [-0.1, -0.05) is 13.0 Å². The maximum Gasteiger partial charge on any atom is 0.192 e. The van der Waals surface area contributed by atoms with Gasteiger partial charge in [-0.2, -0.15) is 11.8 Å². The van der Waals surface area contributed by atoms with E-state index in [4.69, 9.17) is 0 Å². The quantitative estimate of drug-likeness (QED) is 0.453. The fourth-order valence-electron chi connectivity index (χ4n) is 2.71.